The second-order valence-electron chi connectivity index (χ2n) is 13.5. The lowest BCUT2D eigenvalue weighted by molar-refractivity contribution is -0.144. The number of rotatable bonds is 8. The fourth-order valence-electron chi connectivity index (χ4n) is 7.25. The van der Waals surface area contributed by atoms with Gasteiger partial charge in [0.05, 0.1) is 29.9 Å². The molecule has 0 spiro atoms. The van der Waals surface area contributed by atoms with E-state index in [-0.39, 0.29) is 66.2 Å². The van der Waals surface area contributed by atoms with Gasteiger partial charge in [0.25, 0.3) is 5.91 Å². The molecule has 3 amide bonds. The van der Waals surface area contributed by atoms with Crippen molar-refractivity contribution in [1.82, 2.24) is 29.9 Å². The first-order chi connectivity index (χ1) is 23.0. The van der Waals surface area contributed by atoms with Gasteiger partial charge < -0.3 is 20.0 Å². The van der Waals surface area contributed by atoms with Crippen molar-refractivity contribution in [3.05, 3.63) is 65.0 Å². The third-order valence-electron chi connectivity index (χ3n) is 10.1. The zero-order chi connectivity index (χ0) is 33.9. The quantitative estimate of drug-likeness (QED) is 0.384. The molecule has 0 unspecified atom stereocenters. The van der Waals surface area contributed by atoms with Crippen LogP contribution in [-0.2, 0) is 16.1 Å². The number of halogens is 3. The monoisotopic (exact) mass is 664 g/mol. The maximum absolute atomic E-state index is 14.8. The number of amides is 3. The number of hydrogen-bond donors (Lipinski definition) is 1. The van der Waals surface area contributed by atoms with Crippen LogP contribution < -0.4 is 5.32 Å². The SMILES string of the molecule is C[C@H](NC(=O)c1c(CN2CCN(CC(=O)N3CCN(C)CC3)C(=O)C2)c(-c2cc(F)cc(F)c2)nc2ccc(F)cc12)C1CCCCC1. The Morgan fingerprint density at radius 3 is 2.31 bits per heavy atom. The molecule has 256 valence electrons. The van der Waals surface area contributed by atoms with Gasteiger partial charge in [-0.15, -0.1) is 0 Å². The maximum atomic E-state index is 14.8. The Kier molecular flexibility index (Phi) is 10.3. The van der Waals surface area contributed by atoms with Crippen molar-refractivity contribution < 1.29 is 27.6 Å². The molecule has 1 aromatic heterocycles. The van der Waals surface area contributed by atoms with Crippen LogP contribution in [0.5, 0.6) is 0 Å². The fourth-order valence-corrected chi connectivity index (χ4v) is 7.25. The van der Waals surface area contributed by atoms with Gasteiger partial charge in [0.2, 0.25) is 11.8 Å². The van der Waals surface area contributed by atoms with Gasteiger partial charge in [-0.2, -0.15) is 0 Å². The summed E-state index contributed by atoms with van der Waals surface area (Å²) >= 11 is 0. The third-order valence-corrected chi connectivity index (χ3v) is 10.1. The Balaban J connectivity index is 1.33. The number of benzene rings is 2. The van der Waals surface area contributed by atoms with E-state index < -0.39 is 23.4 Å². The van der Waals surface area contributed by atoms with E-state index in [9.17, 15) is 27.6 Å². The van der Waals surface area contributed by atoms with Gasteiger partial charge in [0.15, 0.2) is 0 Å². The highest BCUT2D eigenvalue weighted by Gasteiger charge is 2.32. The van der Waals surface area contributed by atoms with Gasteiger partial charge in [-0.1, -0.05) is 19.3 Å². The summed E-state index contributed by atoms with van der Waals surface area (Å²) in [5.74, 6) is -2.62. The predicted octanol–water partition coefficient (Wildman–Crippen LogP) is 4.44. The summed E-state index contributed by atoms with van der Waals surface area (Å²) in [7, 11) is 2.01. The smallest absolute Gasteiger partial charge is 0.252 e. The molecule has 12 heteroatoms. The summed E-state index contributed by atoms with van der Waals surface area (Å²) < 4.78 is 43.9. The Bertz CT molecular complexity index is 1670. The van der Waals surface area contributed by atoms with Crippen LogP contribution in [0.25, 0.3) is 22.2 Å². The predicted molar refractivity (Wildman–Crippen MR) is 176 cm³/mol. The standard InChI is InChI=1S/C36H43F3N6O3/c1-23(24-6-4-3-5-7-24)40-36(48)34-29-19-26(37)8-9-31(29)41-35(25-16-27(38)18-28(39)17-25)30(34)20-43-12-15-45(32(46)21-43)22-33(47)44-13-10-42(2)11-14-44/h8-9,16-19,23-24H,3-7,10-15,20-22H2,1-2H3,(H,40,48)/t23-/m0/s1. The van der Waals surface area contributed by atoms with Crippen molar-refractivity contribution in [2.45, 2.75) is 51.6 Å². The van der Waals surface area contributed by atoms with Crippen LogP contribution >= 0.6 is 0 Å². The summed E-state index contributed by atoms with van der Waals surface area (Å²) in [6, 6.07) is 6.87. The fraction of sp³-hybridized carbons (Fsp3) is 0.500. The van der Waals surface area contributed by atoms with Crippen molar-refractivity contribution in [3.63, 3.8) is 0 Å². The van der Waals surface area contributed by atoms with Crippen LogP contribution in [0.4, 0.5) is 13.2 Å². The van der Waals surface area contributed by atoms with Crippen molar-refractivity contribution in [2.75, 3.05) is 59.4 Å². The van der Waals surface area contributed by atoms with E-state index in [1.54, 1.807) is 9.80 Å². The van der Waals surface area contributed by atoms with Crippen LogP contribution in [0.2, 0.25) is 0 Å². The van der Waals surface area contributed by atoms with Crippen LogP contribution in [0.3, 0.4) is 0 Å². The first-order valence-corrected chi connectivity index (χ1v) is 16.9. The number of likely N-dealkylation sites (N-methyl/N-ethyl adjacent to an activating group) is 1. The average Bonchev–Trinajstić information content (AvgIpc) is 3.05. The number of aromatic nitrogens is 1. The molecule has 0 radical (unpaired) electrons. The summed E-state index contributed by atoms with van der Waals surface area (Å²) in [6.07, 6.45) is 5.35. The summed E-state index contributed by atoms with van der Waals surface area (Å²) in [6.45, 7) is 5.45. The van der Waals surface area contributed by atoms with Gasteiger partial charge in [-0.3, -0.25) is 19.3 Å². The lowest BCUT2D eigenvalue weighted by atomic mass is 9.84. The number of pyridine rings is 1. The minimum absolute atomic E-state index is 0.00623. The van der Waals surface area contributed by atoms with E-state index in [2.05, 4.69) is 10.2 Å². The topological polar surface area (TPSA) is 89.1 Å². The van der Waals surface area contributed by atoms with Crippen molar-refractivity contribution >= 4 is 28.6 Å². The minimum Gasteiger partial charge on any atom is -0.349 e. The number of hydrogen-bond acceptors (Lipinski definition) is 6. The lowest BCUT2D eigenvalue weighted by Gasteiger charge is -2.37. The number of fused-ring (bicyclic) bond motifs is 1. The first kappa shape index (κ1) is 33.9. The van der Waals surface area contributed by atoms with Crippen molar-refractivity contribution in [3.8, 4) is 11.3 Å². The van der Waals surface area contributed by atoms with Gasteiger partial charge in [-0.25, -0.2) is 18.2 Å². The maximum Gasteiger partial charge on any atom is 0.252 e. The molecule has 1 atom stereocenters. The minimum atomic E-state index is -0.803. The van der Waals surface area contributed by atoms with Crippen molar-refractivity contribution in [1.29, 1.82) is 0 Å². The Morgan fingerprint density at radius 2 is 1.62 bits per heavy atom. The molecule has 0 bridgehead atoms. The lowest BCUT2D eigenvalue weighted by Crippen LogP contribution is -2.55. The molecule has 9 nitrogen and oxygen atoms in total. The number of carbonyl (C=O) groups excluding carboxylic acids is 3. The molecule has 2 aromatic carbocycles. The zero-order valence-corrected chi connectivity index (χ0v) is 27.6. The molecule has 3 heterocycles. The van der Waals surface area contributed by atoms with Gasteiger partial charge in [0, 0.05) is 74.4 Å². The van der Waals surface area contributed by atoms with Crippen molar-refractivity contribution in [2.24, 2.45) is 5.92 Å². The van der Waals surface area contributed by atoms with Crippen LogP contribution in [0, 0.1) is 23.4 Å². The number of nitrogens with zero attached hydrogens (tertiary/aromatic N) is 5. The van der Waals surface area contributed by atoms with Gasteiger partial charge in [0.1, 0.15) is 17.5 Å². The summed E-state index contributed by atoms with van der Waals surface area (Å²) in [5, 5.41) is 3.43. The highest BCUT2D eigenvalue weighted by molar-refractivity contribution is 6.09. The van der Waals surface area contributed by atoms with E-state index in [4.69, 9.17) is 4.98 Å². The Morgan fingerprint density at radius 1 is 0.917 bits per heavy atom. The molecule has 1 aliphatic carbocycles. The van der Waals surface area contributed by atoms with E-state index >= 15 is 0 Å². The molecule has 48 heavy (non-hydrogen) atoms. The molecule has 3 aromatic rings. The summed E-state index contributed by atoms with van der Waals surface area (Å²) in [5.41, 5.74) is 1.13. The molecule has 3 fully saturated rings. The van der Waals surface area contributed by atoms with Crippen LogP contribution in [-0.4, -0.2) is 108 Å². The van der Waals surface area contributed by atoms with E-state index in [0.29, 0.717) is 36.6 Å². The first-order valence-electron chi connectivity index (χ1n) is 16.9. The molecule has 2 aliphatic heterocycles. The number of piperazine rings is 2. The highest BCUT2D eigenvalue weighted by Crippen LogP contribution is 2.34. The summed E-state index contributed by atoms with van der Waals surface area (Å²) in [4.78, 5) is 52.6. The normalized spacial score (nSPS) is 19.1. The average molecular weight is 665 g/mol. The molecule has 1 N–H and O–H groups in total. The Hall–Kier alpha value is -4.03. The second-order valence-corrected chi connectivity index (χ2v) is 13.5. The zero-order valence-electron chi connectivity index (χ0n) is 27.6. The molecule has 6 rings (SSSR count). The van der Waals surface area contributed by atoms with E-state index in [1.807, 2.05) is 18.9 Å². The highest BCUT2D eigenvalue weighted by atomic mass is 19.1. The molecule has 2 saturated heterocycles. The number of nitrogens with one attached hydrogen (secondary N) is 1. The second kappa shape index (κ2) is 14.6. The van der Waals surface area contributed by atoms with E-state index in [0.717, 1.165) is 57.0 Å². The van der Waals surface area contributed by atoms with Crippen LogP contribution in [0.15, 0.2) is 36.4 Å². The Labute approximate surface area is 279 Å². The van der Waals surface area contributed by atoms with Gasteiger partial charge in [-0.05, 0) is 63.1 Å². The van der Waals surface area contributed by atoms with Crippen LogP contribution in [0.1, 0.15) is 54.9 Å². The van der Waals surface area contributed by atoms with E-state index in [1.165, 1.54) is 24.6 Å². The molecule has 1 saturated carbocycles. The molecular formula is C36H43F3N6O3. The molecule has 3 aliphatic rings. The largest absolute Gasteiger partial charge is 0.349 e. The number of carbonyl (C=O) groups is 3. The molecular weight excluding hydrogens is 621 g/mol. The third kappa shape index (κ3) is 7.65. The van der Waals surface area contributed by atoms with Gasteiger partial charge >= 0.3 is 0 Å².